The first-order valence-electron chi connectivity index (χ1n) is 5.59. The first kappa shape index (κ1) is 11.7. The Labute approximate surface area is 100 Å². The number of benzene rings is 1. The molecule has 1 aromatic heterocycles. The summed E-state index contributed by atoms with van der Waals surface area (Å²) in [6, 6.07) is 10.2. The SMILES string of the molecule is CC(C)(Cn1ccc2ccccc21)C(=O)NN. The Kier molecular flexibility index (Phi) is 2.90. The van der Waals surface area contributed by atoms with Crippen molar-refractivity contribution in [3.05, 3.63) is 36.5 Å². The van der Waals surface area contributed by atoms with E-state index < -0.39 is 5.41 Å². The van der Waals surface area contributed by atoms with Gasteiger partial charge in [-0.25, -0.2) is 5.84 Å². The number of carbonyl (C=O) groups excluding carboxylic acids is 1. The number of hydrogen-bond donors (Lipinski definition) is 2. The van der Waals surface area contributed by atoms with E-state index in [0.29, 0.717) is 6.54 Å². The lowest BCUT2D eigenvalue weighted by atomic mass is 9.92. The van der Waals surface area contributed by atoms with E-state index in [2.05, 4.69) is 16.1 Å². The highest BCUT2D eigenvalue weighted by molar-refractivity contribution is 5.82. The summed E-state index contributed by atoms with van der Waals surface area (Å²) in [5.41, 5.74) is 2.81. The Morgan fingerprint density at radius 2 is 2.06 bits per heavy atom. The van der Waals surface area contributed by atoms with Gasteiger partial charge in [0.1, 0.15) is 0 Å². The van der Waals surface area contributed by atoms with E-state index in [4.69, 9.17) is 5.84 Å². The maximum Gasteiger partial charge on any atom is 0.241 e. The van der Waals surface area contributed by atoms with Crippen LogP contribution >= 0.6 is 0 Å². The van der Waals surface area contributed by atoms with Gasteiger partial charge in [0.05, 0.1) is 5.41 Å². The van der Waals surface area contributed by atoms with E-state index in [-0.39, 0.29) is 5.91 Å². The molecular weight excluding hydrogens is 214 g/mol. The van der Waals surface area contributed by atoms with Gasteiger partial charge < -0.3 is 4.57 Å². The summed E-state index contributed by atoms with van der Waals surface area (Å²) in [5, 5.41) is 1.18. The number of fused-ring (bicyclic) bond motifs is 1. The van der Waals surface area contributed by atoms with E-state index in [9.17, 15) is 4.79 Å². The molecule has 90 valence electrons. The zero-order valence-electron chi connectivity index (χ0n) is 10.1. The van der Waals surface area contributed by atoms with Crippen LogP contribution in [-0.2, 0) is 11.3 Å². The molecule has 4 heteroatoms. The van der Waals surface area contributed by atoms with Gasteiger partial charge in [0.15, 0.2) is 0 Å². The molecule has 0 aliphatic carbocycles. The average molecular weight is 231 g/mol. The summed E-state index contributed by atoms with van der Waals surface area (Å²) in [5.74, 6) is 5.03. The molecule has 2 aromatic rings. The Bertz CT molecular complexity index is 542. The van der Waals surface area contributed by atoms with Crippen molar-refractivity contribution < 1.29 is 4.79 Å². The van der Waals surface area contributed by atoms with Gasteiger partial charge in [-0.1, -0.05) is 18.2 Å². The number of amides is 1. The van der Waals surface area contributed by atoms with Gasteiger partial charge in [0.2, 0.25) is 5.91 Å². The third-order valence-corrected chi connectivity index (χ3v) is 2.99. The molecule has 0 atom stereocenters. The molecule has 0 fully saturated rings. The van der Waals surface area contributed by atoms with Crippen LogP contribution in [0.15, 0.2) is 36.5 Å². The van der Waals surface area contributed by atoms with Crippen LogP contribution in [0.2, 0.25) is 0 Å². The zero-order chi connectivity index (χ0) is 12.5. The lowest BCUT2D eigenvalue weighted by Gasteiger charge is -2.23. The molecule has 0 saturated carbocycles. The highest BCUT2D eigenvalue weighted by atomic mass is 16.2. The predicted molar refractivity (Wildman–Crippen MR) is 68.0 cm³/mol. The van der Waals surface area contributed by atoms with Crippen LogP contribution < -0.4 is 11.3 Å². The number of rotatable bonds is 3. The minimum atomic E-state index is -0.531. The maximum atomic E-state index is 11.6. The highest BCUT2D eigenvalue weighted by Crippen LogP contribution is 2.22. The molecule has 0 bridgehead atoms. The fourth-order valence-electron chi connectivity index (χ4n) is 1.97. The second kappa shape index (κ2) is 4.22. The lowest BCUT2D eigenvalue weighted by molar-refractivity contribution is -0.130. The van der Waals surface area contributed by atoms with E-state index >= 15 is 0 Å². The quantitative estimate of drug-likeness (QED) is 0.479. The van der Waals surface area contributed by atoms with Crippen molar-refractivity contribution >= 4 is 16.8 Å². The number of nitrogens with one attached hydrogen (secondary N) is 1. The molecule has 0 aliphatic heterocycles. The second-order valence-electron chi connectivity index (χ2n) is 4.86. The number of para-hydroxylation sites is 1. The monoisotopic (exact) mass is 231 g/mol. The van der Waals surface area contributed by atoms with Gasteiger partial charge >= 0.3 is 0 Å². The van der Waals surface area contributed by atoms with Crippen LogP contribution in [-0.4, -0.2) is 10.5 Å². The fourth-order valence-corrected chi connectivity index (χ4v) is 1.97. The van der Waals surface area contributed by atoms with Crippen LogP contribution in [0.25, 0.3) is 10.9 Å². The lowest BCUT2D eigenvalue weighted by Crippen LogP contribution is -2.43. The second-order valence-corrected chi connectivity index (χ2v) is 4.86. The van der Waals surface area contributed by atoms with Gasteiger partial charge in [-0.3, -0.25) is 10.2 Å². The van der Waals surface area contributed by atoms with Crippen molar-refractivity contribution in [3.63, 3.8) is 0 Å². The van der Waals surface area contributed by atoms with Gasteiger partial charge in [0.25, 0.3) is 0 Å². The Hall–Kier alpha value is -1.81. The van der Waals surface area contributed by atoms with Crippen LogP contribution in [0.5, 0.6) is 0 Å². The molecule has 3 N–H and O–H groups in total. The van der Waals surface area contributed by atoms with E-state index in [0.717, 1.165) is 5.52 Å². The van der Waals surface area contributed by atoms with Crippen LogP contribution in [0.4, 0.5) is 0 Å². The minimum absolute atomic E-state index is 0.157. The number of nitrogens with zero attached hydrogens (tertiary/aromatic N) is 1. The van der Waals surface area contributed by atoms with Gasteiger partial charge in [-0.2, -0.15) is 0 Å². The van der Waals surface area contributed by atoms with Crippen LogP contribution in [0.1, 0.15) is 13.8 Å². The van der Waals surface area contributed by atoms with Crippen molar-refractivity contribution in [2.75, 3.05) is 0 Å². The number of aromatic nitrogens is 1. The molecule has 1 aromatic carbocycles. The molecule has 1 amide bonds. The third kappa shape index (κ3) is 2.17. The van der Waals surface area contributed by atoms with Gasteiger partial charge in [-0.05, 0) is 31.4 Å². The van der Waals surface area contributed by atoms with Crippen molar-refractivity contribution in [2.24, 2.45) is 11.3 Å². The van der Waals surface area contributed by atoms with E-state index in [1.54, 1.807) is 0 Å². The Morgan fingerprint density at radius 3 is 2.76 bits per heavy atom. The van der Waals surface area contributed by atoms with E-state index in [1.165, 1.54) is 5.39 Å². The number of carbonyl (C=O) groups is 1. The molecule has 0 saturated heterocycles. The molecule has 0 radical (unpaired) electrons. The summed E-state index contributed by atoms with van der Waals surface area (Å²) in [4.78, 5) is 11.6. The molecule has 1 heterocycles. The molecule has 0 spiro atoms. The number of nitrogens with two attached hydrogens (primary N) is 1. The standard InChI is InChI=1S/C13H17N3O/c1-13(2,12(17)15-14)9-16-8-7-10-5-3-4-6-11(10)16/h3-8H,9,14H2,1-2H3,(H,15,17). The molecule has 0 aliphatic rings. The summed E-state index contributed by atoms with van der Waals surface area (Å²) >= 11 is 0. The van der Waals surface area contributed by atoms with Gasteiger partial charge in [0, 0.05) is 18.3 Å². The molecule has 0 unspecified atom stereocenters. The summed E-state index contributed by atoms with van der Waals surface area (Å²) in [6.07, 6.45) is 2.00. The largest absolute Gasteiger partial charge is 0.346 e. The molecule has 2 rings (SSSR count). The fraction of sp³-hybridized carbons (Fsp3) is 0.308. The normalized spacial score (nSPS) is 11.7. The zero-order valence-corrected chi connectivity index (χ0v) is 10.1. The summed E-state index contributed by atoms with van der Waals surface area (Å²) in [7, 11) is 0. The van der Waals surface area contributed by atoms with Crippen LogP contribution in [0, 0.1) is 5.41 Å². The summed E-state index contributed by atoms with van der Waals surface area (Å²) in [6.45, 7) is 4.36. The number of hydrogen-bond acceptors (Lipinski definition) is 2. The summed E-state index contributed by atoms with van der Waals surface area (Å²) < 4.78 is 2.07. The van der Waals surface area contributed by atoms with Crippen molar-refractivity contribution in [3.8, 4) is 0 Å². The topological polar surface area (TPSA) is 60.0 Å². The van der Waals surface area contributed by atoms with Crippen molar-refractivity contribution in [1.29, 1.82) is 0 Å². The maximum absolute atomic E-state index is 11.6. The smallest absolute Gasteiger partial charge is 0.241 e. The Balaban J connectivity index is 2.33. The van der Waals surface area contributed by atoms with E-state index in [1.807, 2.05) is 44.3 Å². The molecule has 4 nitrogen and oxygen atoms in total. The molecular formula is C13H17N3O. The minimum Gasteiger partial charge on any atom is -0.346 e. The Morgan fingerprint density at radius 1 is 1.35 bits per heavy atom. The average Bonchev–Trinajstić information content (AvgIpc) is 2.71. The number of hydrazine groups is 1. The highest BCUT2D eigenvalue weighted by Gasteiger charge is 2.27. The first-order valence-corrected chi connectivity index (χ1v) is 5.59. The van der Waals surface area contributed by atoms with Crippen molar-refractivity contribution in [2.45, 2.75) is 20.4 Å². The van der Waals surface area contributed by atoms with Crippen LogP contribution in [0.3, 0.4) is 0 Å². The third-order valence-electron chi connectivity index (χ3n) is 2.99. The first-order chi connectivity index (χ1) is 8.04. The predicted octanol–water partition coefficient (Wildman–Crippen LogP) is 1.66. The molecule has 17 heavy (non-hydrogen) atoms. The van der Waals surface area contributed by atoms with Gasteiger partial charge in [-0.15, -0.1) is 0 Å². The van der Waals surface area contributed by atoms with Crippen molar-refractivity contribution in [1.82, 2.24) is 9.99 Å².